The number of carbonyl (C=O) groups excluding carboxylic acids is 2. The van der Waals surface area contributed by atoms with Gasteiger partial charge in [-0.25, -0.2) is 0 Å². The normalized spacial score (nSPS) is 8.09. The van der Waals surface area contributed by atoms with Gasteiger partial charge in [0.25, 0.3) is 0 Å². The summed E-state index contributed by atoms with van der Waals surface area (Å²) < 4.78 is 4.43. The molecule has 0 aliphatic heterocycles. The van der Waals surface area contributed by atoms with E-state index in [1.807, 2.05) is 0 Å². The van der Waals surface area contributed by atoms with Crippen molar-refractivity contribution in [2.75, 3.05) is 13.2 Å². The molecule has 2 N–H and O–H groups in total. The molecule has 66 valence electrons. The van der Waals surface area contributed by atoms with Gasteiger partial charge in [0.15, 0.2) is 6.29 Å². The summed E-state index contributed by atoms with van der Waals surface area (Å²) in [6.45, 7) is 0.319. The number of hydrogen-bond acceptors (Lipinski definition) is 4. The number of rotatable bonds is 5. The van der Waals surface area contributed by atoms with Crippen molar-refractivity contribution >= 4 is 24.7 Å². The number of esters is 1. The van der Waals surface area contributed by atoms with Crippen LogP contribution in [0.1, 0.15) is 12.8 Å². The van der Waals surface area contributed by atoms with E-state index >= 15 is 0 Å². The molecule has 0 bridgehead atoms. The molecule has 0 saturated heterocycles. The van der Waals surface area contributed by atoms with Crippen LogP contribution in [0.25, 0.3) is 0 Å². The number of ether oxygens (including phenoxy) is 1. The van der Waals surface area contributed by atoms with E-state index in [1.165, 1.54) is 0 Å². The van der Waals surface area contributed by atoms with Crippen LogP contribution >= 0.6 is 12.4 Å². The highest BCUT2D eigenvalue weighted by atomic mass is 35.5. The number of nitrogens with two attached hydrogens (primary N) is 1. The quantitative estimate of drug-likeness (QED) is 0.475. The SMILES string of the molecule is Cl.NCCCC(=O)OCC=O. The molecule has 0 spiro atoms. The third kappa shape index (κ3) is 9.39. The zero-order valence-electron chi connectivity index (χ0n) is 6.12. The van der Waals surface area contributed by atoms with Crippen molar-refractivity contribution in [3.8, 4) is 0 Å². The number of carbonyl (C=O) groups is 2. The van der Waals surface area contributed by atoms with Gasteiger partial charge in [-0.2, -0.15) is 0 Å². The zero-order chi connectivity index (χ0) is 7.82. The number of hydrogen-bond donors (Lipinski definition) is 1. The summed E-state index contributed by atoms with van der Waals surface area (Å²) in [5, 5.41) is 0. The van der Waals surface area contributed by atoms with Crippen molar-refractivity contribution < 1.29 is 14.3 Å². The summed E-state index contributed by atoms with van der Waals surface area (Å²) in [7, 11) is 0. The van der Waals surface area contributed by atoms with Crippen molar-refractivity contribution in [1.29, 1.82) is 0 Å². The van der Waals surface area contributed by atoms with Crippen molar-refractivity contribution in [1.82, 2.24) is 0 Å². The van der Waals surface area contributed by atoms with Crippen LogP contribution in [0.5, 0.6) is 0 Å². The van der Waals surface area contributed by atoms with Crippen LogP contribution in [0.15, 0.2) is 0 Å². The second-order valence-electron chi connectivity index (χ2n) is 1.74. The Kier molecular flexibility index (Phi) is 11.1. The molecule has 0 rings (SSSR count). The molecule has 0 amide bonds. The summed E-state index contributed by atoms with van der Waals surface area (Å²) in [5.41, 5.74) is 5.13. The van der Waals surface area contributed by atoms with Crippen LogP contribution in [-0.2, 0) is 14.3 Å². The third-order valence-electron chi connectivity index (χ3n) is 0.897. The molecular formula is C6H12ClNO3. The van der Waals surface area contributed by atoms with E-state index in [2.05, 4.69) is 4.74 Å². The van der Waals surface area contributed by atoms with E-state index in [-0.39, 0.29) is 25.0 Å². The second kappa shape index (κ2) is 9.39. The van der Waals surface area contributed by atoms with E-state index < -0.39 is 0 Å². The Bertz CT molecular complexity index is 118. The maximum absolute atomic E-state index is 10.5. The van der Waals surface area contributed by atoms with Crippen molar-refractivity contribution in [3.05, 3.63) is 0 Å². The molecule has 0 fully saturated rings. The number of halogens is 1. The standard InChI is InChI=1S/C6H11NO3.ClH/c7-3-1-2-6(9)10-5-4-8;/h4H,1-3,5,7H2;1H. The predicted molar refractivity (Wildman–Crippen MR) is 42.6 cm³/mol. The van der Waals surface area contributed by atoms with Crippen LogP contribution in [0.3, 0.4) is 0 Å². The van der Waals surface area contributed by atoms with Crippen LogP contribution in [0, 0.1) is 0 Å². The lowest BCUT2D eigenvalue weighted by molar-refractivity contribution is -0.145. The monoisotopic (exact) mass is 181 g/mol. The average molecular weight is 182 g/mol. The second-order valence-corrected chi connectivity index (χ2v) is 1.74. The summed E-state index contributed by atoms with van der Waals surface area (Å²) >= 11 is 0. The fraction of sp³-hybridized carbons (Fsp3) is 0.667. The first-order chi connectivity index (χ1) is 4.81. The Morgan fingerprint density at radius 3 is 2.64 bits per heavy atom. The minimum atomic E-state index is -0.363. The van der Waals surface area contributed by atoms with E-state index in [4.69, 9.17) is 5.73 Å². The van der Waals surface area contributed by atoms with Crippen molar-refractivity contribution in [2.45, 2.75) is 12.8 Å². The Morgan fingerprint density at radius 2 is 2.18 bits per heavy atom. The molecule has 0 saturated carbocycles. The van der Waals surface area contributed by atoms with Gasteiger partial charge in [0.1, 0.15) is 6.61 Å². The summed E-state index contributed by atoms with van der Waals surface area (Å²) in [6, 6.07) is 0. The first kappa shape index (κ1) is 13.0. The van der Waals surface area contributed by atoms with Crippen molar-refractivity contribution in [2.24, 2.45) is 5.73 Å². The Labute approximate surface area is 71.5 Å². The first-order valence-electron chi connectivity index (χ1n) is 3.10. The number of aldehydes is 1. The zero-order valence-corrected chi connectivity index (χ0v) is 6.93. The molecule has 0 aliphatic carbocycles. The van der Waals surface area contributed by atoms with E-state index in [1.54, 1.807) is 0 Å². The largest absolute Gasteiger partial charge is 0.458 e. The van der Waals surface area contributed by atoms with Gasteiger partial charge in [-0.15, -0.1) is 12.4 Å². The molecule has 0 aromatic heterocycles. The smallest absolute Gasteiger partial charge is 0.306 e. The lowest BCUT2D eigenvalue weighted by Crippen LogP contribution is -2.09. The molecule has 0 heterocycles. The van der Waals surface area contributed by atoms with E-state index in [9.17, 15) is 9.59 Å². The molecule has 5 heteroatoms. The molecule has 0 radical (unpaired) electrons. The lowest BCUT2D eigenvalue weighted by atomic mass is 10.3. The van der Waals surface area contributed by atoms with Crippen LogP contribution in [0.4, 0.5) is 0 Å². The Hall–Kier alpha value is -0.610. The Balaban J connectivity index is 0. The van der Waals surface area contributed by atoms with Gasteiger partial charge < -0.3 is 10.5 Å². The topological polar surface area (TPSA) is 69.4 Å². The van der Waals surface area contributed by atoms with Gasteiger partial charge in [0.2, 0.25) is 0 Å². The minimum Gasteiger partial charge on any atom is -0.458 e. The minimum absolute atomic E-state index is 0. The molecular weight excluding hydrogens is 170 g/mol. The highest BCUT2D eigenvalue weighted by Crippen LogP contribution is 1.88. The molecule has 11 heavy (non-hydrogen) atoms. The molecule has 0 aromatic carbocycles. The van der Waals surface area contributed by atoms with Crippen LogP contribution in [0.2, 0.25) is 0 Å². The molecule has 0 aliphatic rings. The first-order valence-corrected chi connectivity index (χ1v) is 3.10. The highest BCUT2D eigenvalue weighted by Gasteiger charge is 1.99. The lowest BCUT2D eigenvalue weighted by Gasteiger charge is -1.97. The summed E-state index contributed by atoms with van der Waals surface area (Å²) in [5.74, 6) is -0.363. The van der Waals surface area contributed by atoms with E-state index in [0.717, 1.165) is 0 Å². The van der Waals surface area contributed by atoms with Gasteiger partial charge in [-0.1, -0.05) is 0 Å². The highest BCUT2D eigenvalue weighted by molar-refractivity contribution is 5.85. The molecule has 0 aromatic rings. The molecule has 0 atom stereocenters. The van der Waals surface area contributed by atoms with Gasteiger partial charge in [-0.3, -0.25) is 9.59 Å². The van der Waals surface area contributed by atoms with Crippen LogP contribution < -0.4 is 5.73 Å². The summed E-state index contributed by atoms with van der Waals surface area (Å²) in [4.78, 5) is 20.2. The fourth-order valence-electron chi connectivity index (χ4n) is 0.446. The van der Waals surface area contributed by atoms with E-state index in [0.29, 0.717) is 25.7 Å². The summed E-state index contributed by atoms with van der Waals surface area (Å²) in [6.07, 6.45) is 1.45. The average Bonchev–Trinajstić information content (AvgIpc) is 1.97. The third-order valence-corrected chi connectivity index (χ3v) is 0.897. The maximum Gasteiger partial charge on any atom is 0.306 e. The predicted octanol–water partition coefficient (Wildman–Crippen LogP) is -0.111. The fourth-order valence-corrected chi connectivity index (χ4v) is 0.446. The van der Waals surface area contributed by atoms with Crippen LogP contribution in [-0.4, -0.2) is 25.4 Å². The van der Waals surface area contributed by atoms with Crippen molar-refractivity contribution in [3.63, 3.8) is 0 Å². The van der Waals surface area contributed by atoms with Gasteiger partial charge >= 0.3 is 5.97 Å². The van der Waals surface area contributed by atoms with Gasteiger partial charge in [0.05, 0.1) is 0 Å². The molecule has 4 nitrogen and oxygen atoms in total. The van der Waals surface area contributed by atoms with Gasteiger partial charge in [0, 0.05) is 6.42 Å². The maximum atomic E-state index is 10.5. The molecule has 0 unspecified atom stereocenters. The van der Waals surface area contributed by atoms with Gasteiger partial charge in [-0.05, 0) is 13.0 Å². The Morgan fingerprint density at radius 1 is 1.55 bits per heavy atom.